The largest absolute Gasteiger partial charge is 0.394 e. The smallest absolute Gasteiger partial charge is 0.305 e. The van der Waals surface area contributed by atoms with Crippen LogP contribution in [0, 0.1) is 10.1 Å². The van der Waals surface area contributed by atoms with Crippen molar-refractivity contribution >= 4 is 11.6 Å². The third-order valence-corrected chi connectivity index (χ3v) is 1.90. The molecule has 1 aromatic heterocycles. The van der Waals surface area contributed by atoms with Crippen LogP contribution in [0.15, 0.2) is 12.4 Å². The number of hydrogen-bond acceptors (Lipinski definition) is 6. The van der Waals surface area contributed by atoms with Crippen LogP contribution in [-0.2, 0) is 0 Å². The molecule has 7 nitrogen and oxygen atoms in total. The molecule has 0 radical (unpaired) electrons. The predicted molar refractivity (Wildman–Crippen MR) is 53.5 cm³/mol. The van der Waals surface area contributed by atoms with Gasteiger partial charge in [0.2, 0.25) is 5.95 Å². The van der Waals surface area contributed by atoms with Gasteiger partial charge in [0.15, 0.2) is 0 Å². The highest BCUT2D eigenvalue weighted by molar-refractivity contribution is 5.31. The summed E-state index contributed by atoms with van der Waals surface area (Å²) < 4.78 is 0. The summed E-state index contributed by atoms with van der Waals surface area (Å²) in [6.45, 7) is 1.87. The van der Waals surface area contributed by atoms with E-state index in [2.05, 4.69) is 15.3 Å². The number of rotatable bonds is 5. The summed E-state index contributed by atoms with van der Waals surface area (Å²) in [6.07, 6.45) is 2.97. The molecule has 0 aliphatic heterocycles. The van der Waals surface area contributed by atoms with Gasteiger partial charge in [0.25, 0.3) is 0 Å². The van der Waals surface area contributed by atoms with Crippen molar-refractivity contribution in [3.8, 4) is 0 Å². The first kappa shape index (κ1) is 11.3. The lowest BCUT2D eigenvalue weighted by molar-refractivity contribution is -0.385. The van der Waals surface area contributed by atoms with Gasteiger partial charge in [-0.1, -0.05) is 6.92 Å². The molecule has 0 fully saturated rings. The van der Waals surface area contributed by atoms with Gasteiger partial charge in [-0.05, 0) is 6.42 Å². The van der Waals surface area contributed by atoms with Crippen LogP contribution in [0.2, 0.25) is 0 Å². The number of aliphatic hydroxyl groups excluding tert-OH is 1. The van der Waals surface area contributed by atoms with E-state index >= 15 is 0 Å². The van der Waals surface area contributed by atoms with Gasteiger partial charge < -0.3 is 10.4 Å². The van der Waals surface area contributed by atoms with Crippen LogP contribution in [0.1, 0.15) is 13.3 Å². The highest BCUT2D eigenvalue weighted by atomic mass is 16.6. The zero-order chi connectivity index (χ0) is 11.3. The average molecular weight is 212 g/mol. The minimum atomic E-state index is -0.562. The van der Waals surface area contributed by atoms with Crippen LogP contribution in [-0.4, -0.2) is 32.6 Å². The molecule has 1 unspecified atom stereocenters. The van der Waals surface area contributed by atoms with Gasteiger partial charge in [0.05, 0.1) is 17.6 Å². The van der Waals surface area contributed by atoms with Gasteiger partial charge in [0.1, 0.15) is 12.4 Å². The van der Waals surface area contributed by atoms with Gasteiger partial charge in [-0.3, -0.25) is 10.1 Å². The number of hydrogen-bond donors (Lipinski definition) is 2. The van der Waals surface area contributed by atoms with E-state index < -0.39 is 4.92 Å². The molecule has 15 heavy (non-hydrogen) atoms. The number of nitrogens with zero attached hydrogens (tertiary/aromatic N) is 3. The fourth-order valence-electron chi connectivity index (χ4n) is 0.949. The van der Waals surface area contributed by atoms with Gasteiger partial charge in [0, 0.05) is 0 Å². The van der Waals surface area contributed by atoms with Crippen LogP contribution in [0.3, 0.4) is 0 Å². The fraction of sp³-hybridized carbons (Fsp3) is 0.500. The molecule has 0 amide bonds. The number of aliphatic hydroxyl groups is 1. The summed E-state index contributed by atoms with van der Waals surface area (Å²) in [5.41, 5.74) is -0.155. The summed E-state index contributed by atoms with van der Waals surface area (Å²) in [5, 5.41) is 22.1. The van der Waals surface area contributed by atoms with E-state index in [0.29, 0.717) is 0 Å². The molecule has 0 spiro atoms. The van der Waals surface area contributed by atoms with Gasteiger partial charge in [-0.25, -0.2) is 9.97 Å². The third kappa shape index (κ3) is 3.13. The SMILES string of the molecule is CCC(CO)Nc1ncc([N+](=O)[O-])cn1. The lowest BCUT2D eigenvalue weighted by Crippen LogP contribution is -2.23. The maximum Gasteiger partial charge on any atom is 0.305 e. The Morgan fingerprint density at radius 2 is 2.20 bits per heavy atom. The number of nitro groups is 1. The van der Waals surface area contributed by atoms with Crippen molar-refractivity contribution in [1.29, 1.82) is 0 Å². The minimum absolute atomic E-state index is 0.0309. The molecule has 1 atom stereocenters. The summed E-state index contributed by atoms with van der Waals surface area (Å²) in [7, 11) is 0. The number of aromatic nitrogens is 2. The van der Waals surface area contributed by atoms with E-state index in [1.165, 1.54) is 0 Å². The molecular formula is C8H12N4O3. The van der Waals surface area contributed by atoms with E-state index in [-0.39, 0.29) is 24.3 Å². The summed E-state index contributed by atoms with van der Waals surface area (Å²) in [5.74, 6) is 0.279. The topological polar surface area (TPSA) is 101 Å². The molecule has 2 N–H and O–H groups in total. The van der Waals surface area contributed by atoms with Crippen molar-refractivity contribution in [2.45, 2.75) is 19.4 Å². The predicted octanol–water partition coefficient (Wildman–Crippen LogP) is 0.568. The molecule has 0 aromatic carbocycles. The summed E-state index contributed by atoms with van der Waals surface area (Å²) >= 11 is 0. The Kier molecular flexibility index (Phi) is 3.92. The highest BCUT2D eigenvalue weighted by Gasteiger charge is 2.09. The Morgan fingerprint density at radius 1 is 1.60 bits per heavy atom. The first-order chi connectivity index (χ1) is 7.17. The van der Waals surface area contributed by atoms with E-state index in [4.69, 9.17) is 5.11 Å². The first-order valence-corrected chi connectivity index (χ1v) is 4.51. The Balaban J connectivity index is 2.67. The molecule has 0 saturated heterocycles. The monoisotopic (exact) mass is 212 g/mol. The number of anilines is 1. The normalized spacial score (nSPS) is 12.1. The van der Waals surface area contributed by atoms with Crippen LogP contribution in [0.5, 0.6) is 0 Å². The number of nitrogens with one attached hydrogen (secondary N) is 1. The molecule has 82 valence electrons. The second-order valence-corrected chi connectivity index (χ2v) is 2.95. The van der Waals surface area contributed by atoms with Crippen molar-refractivity contribution in [2.24, 2.45) is 0 Å². The lowest BCUT2D eigenvalue weighted by Gasteiger charge is -2.12. The zero-order valence-corrected chi connectivity index (χ0v) is 8.25. The second kappa shape index (κ2) is 5.20. The Bertz CT molecular complexity index is 323. The molecule has 7 heteroatoms. The van der Waals surface area contributed by atoms with Crippen LogP contribution >= 0.6 is 0 Å². The molecule has 0 aliphatic rings. The van der Waals surface area contributed by atoms with Gasteiger partial charge in [-0.15, -0.1) is 0 Å². The quantitative estimate of drug-likeness (QED) is 0.546. The molecule has 0 bridgehead atoms. The van der Waals surface area contributed by atoms with Gasteiger partial charge in [-0.2, -0.15) is 0 Å². The summed E-state index contributed by atoms with van der Waals surface area (Å²) in [6, 6.07) is -0.133. The summed E-state index contributed by atoms with van der Waals surface area (Å²) in [4.78, 5) is 17.3. The minimum Gasteiger partial charge on any atom is -0.394 e. The van der Waals surface area contributed by atoms with E-state index in [1.54, 1.807) is 0 Å². The maximum atomic E-state index is 10.3. The molecule has 0 aliphatic carbocycles. The van der Waals surface area contributed by atoms with E-state index in [0.717, 1.165) is 18.8 Å². The fourth-order valence-corrected chi connectivity index (χ4v) is 0.949. The van der Waals surface area contributed by atoms with Crippen LogP contribution < -0.4 is 5.32 Å². The van der Waals surface area contributed by atoms with Crippen LogP contribution in [0.25, 0.3) is 0 Å². The zero-order valence-electron chi connectivity index (χ0n) is 8.25. The lowest BCUT2D eigenvalue weighted by atomic mass is 10.2. The van der Waals surface area contributed by atoms with E-state index in [9.17, 15) is 10.1 Å². The maximum absolute atomic E-state index is 10.3. The van der Waals surface area contributed by atoms with Crippen molar-refractivity contribution in [3.05, 3.63) is 22.5 Å². The molecule has 1 rings (SSSR count). The molecular weight excluding hydrogens is 200 g/mol. The molecule has 0 saturated carbocycles. The second-order valence-electron chi connectivity index (χ2n) is 2.95. The van der Waals surface area contributed by atoms with Crippen molar-refractivity contribution < 1.29 is 10.0 Å². The first-order valence-electron chi connectivity index (χ1n) is 4.51. The Labute approximate surface area is 86.3 Å². The molecule has 1 heterocycles. The van der Waals surface area contributed by atoms with Gasteiger partial charge >= 0.3 is 5.69 Å². The highest BCUT2D eigenvalue weighted by Crippen LogP contribution is 2.09. The average Bonchev–Trinajstić information content (AvgIpc) is 2.26. The van der Waals surface area contributed by atoms with Crippen molar-refractivity contribution in [3.63, 3.8) is 0 Å². The standard InChI is InChI=1S/C8H12N4O3/c1-2-6(5-13)11-8-9-3-7(4-10-8)12(14)15/h3-4,6,13H,2,5H2,1H3,(H,9,10,11). The Morgan fingerprint density at radius 3 is 2.60 bits per heavy atom. The van der Waals surface area contributed by atoms with Crippen LogP contribution in [0.4, 0.5) is 11.6 Å². The Hall–Kier alpha value is -1.76. The molecule has 1 aromatic rings. The van der Waals surface area contributed by atoms with E-state index in [1.807, 2.05) is 6.92 Å². The third-order valence-electron chi connectivity index (χ3n) is 1.90. The van der Waals surface area contributed by atoms with Crippen molar-refractivity contribution in [1.82, 2.24) is 9.97 Å². The van der Waals surface area contributed by atoms with Crippen molar-refractivity contribution in [2.75, 3.05) is 11.9 Å².